The van der Waals surface area contributed by atoms with E-state index in [-0.39, 0.29) is 36.4 Å². The maximum Gasteiger partial charge on any atom is 0.261 e. The van der Waals surface area contributed by atoms with Gasteiger partial charge in [-0.15, -0.1) is 0 Å². The number of anilines is 2. The standard InChI is InChI=1S/C32H31Cl2N7O5S/c1-32(14-20-4-6-21(7-5-20)22-15-35-19-36-16-22)30(44)40(25-12-23(33)11-24(34)13-25)31-37-17-28(41(31)32)47(45,46)39-9-2-3-27(39)29(43)38-10-8-26(42)18-38/h4-7,11-13,15-17,19,26-27,42H,2-3,8-10,14,18H2,1H3/t26-,27+,32?/m1/s1. The van der Waals surface area contributed by atoms with Gasteiger partial charge in [0.05, 0.1) is 18.0 Å². The Kier molecular flexibility index (Phi) is 8.08. The van der Waals surface area contributed by atoms with Crippen molar-refractivity contribution < 1.29 is 23.1 Å². The Morgan fingerprint density at radius 1 is 1.00 bits per heavy atom. The van der Waals surface area contributed by atoms with Gasteiger partial charge in [-0.05, 0) is 55.5 Å². The third-order valence-electron chi connectivity index (χ3n) is 9.11. The Balaban J connectivity index is 1.30. The molecule has 0 saturated carbocycles. The molecule has 5 heterocycles. The first-order valence-electron chi connectivity index (χ1n) is 15.2. The number of aromatic nitrogens is 4. The topological polar surface area (TPSA) is 142 Å². The molecule has 2 aromatic heterocycles. The molecule has 244 valence electrons. The maximum absolute atomic E-state index is 14.5. The predicted molar refractivity (Wildman–Crippen MR) is 175 cm³/mol. The van der Waals surface area contributed by atoms with Crippen molar-refractivity contribution in [1.29, 1.82) is 0 Å². The van der Waals surface area contributed by atoms with Crippen LogP contribution in [0.5, 0.6) is 0 Å². The summed E-state index contributed by atoms with van der Waals surface area (Å²) in [6, 6.07) is 11.3. The van der Waals surface area contributed by atoms with Gasteiger partial charge in [0.15, 0.2) is 5.03 Å². The summed E-state index contributed by atoms with van der Waals surface area (Å²) in [5.74, 6) is -0.657. The van der Waals surface area contributed by atoms with Gasteiger partial charge in [-0.2, -0.15) is 4.31 Å². The number of sulfonamides is 1. The summed E-state index contributed by atoms with van der Waals surface area (Å²) in [4.78, 5) is 43.5. The number of imidazole rings is 1. The summed E-state index contributed by atoms with van der Waals surface area (Å²) >= 11 is 12.7. The second-order valence-corrected chi connectivity index (χ2v) is 15.0. The Hall–Kier alpha value is -3.88. The predicted octanol–water partition coefficient (Wildman–Crippen LogP) is 4.03. The van der Waals surface area contributed by atoms with E-state index in [0.29, 0.717) is 41.5 Å². The van der Waals surface area contributed by atoms with Crippen molar-refractivity contribution in [1.82, 2.24) is 28.7 Å². The summed E-state index contributed by atoms with van der Waals surface area (Å²) in [6.45, 7) is 2.36. The van der Waals surface area contributed by atoms with E-state index in [9.17, 15) is 23.1 Å². The SMILES string of the molecule is CC1(Cc2ccc(-c3cncnc3)cc2)C(=O)N(c2cc(Cl)cc(Cl)c2)c2ncc(S(=O)(=O)N3CCC[C@H]3C(=O)N3CC[C@@H](O)C3)n21. The number of carbonyl (C=O) groups excluding carboxylic acids is 2. The van der Waals surface area contributed by atoms with E-state index < -0.39 is 33.6 Å². The fraction of sp³-hybridized carbons (Fsp3) is 0.344. The lowest BCUT2D eigenvalue weighted by atomic mass is 9.91. The largest absolute Gasteiger partial charge is 0.391 e. The van der Waals surface area contributed by atoms with Gasteiger partial charge in [0.1, 0.15) is 17.9 Å². The van der Waals surface area contributed by atoms with Crippen molar-refractivity contribution in [3.8, 4) is 11.1 Å². The lowest BCUT2D eigenvalue weighted by molar-refractivity contribution is -0.134. The van der Waals surface area contributed by atoms with Crippen LogP contribution in [-0.4, -0.2) is 85.8 Å². The Bertz CT molecular complexity index is 1950. The number of aliphatic hydroxyl groups excluding tert-OH is 1. The van der Waals surface area contributed by atoms with Gasteiger partial charge in [-0.25, -0.2) is 28.3 Å². The molecule has 15 heteroatoms. The van der Waals surface area contributed by atoms with E-state index >= 15 is 0 Å². The van der Waals surface area contributed by atoms with Crippen molar-refractivity contribution in [2.45, 2.75) is 55.3 Å². The molecule has 1 N–H and O–H groups in total. The summed E-state index contributed by atoms with van der Waals surface area (Å²) in [5, 5.41) is 10.4. The summed E-state index contributed by atoms with van der Waals surface area (Å²) in [7, 11) is -4.33. The van der Waals surface area contributed by atoms with Crippen LogP contribution in [0.15, 0.2) is 72.4 Å². The minimum atomic E-state index is -4.33. The van der Waals surface area contributed by atoms with Gasteiger partial charge < -0.3 is 10.0 Å². The van der Waals surface area contributed by atoms with E-state index in [1.54, 1.807) is 31.5 Å². The number of amides is 2. The second kappa shape index (κ2) is 12.0. The minimum Gasteiger partial charge on any atom is -0.391 e. The molecule has 0 spiro atoms. The van der Waals surface area contributed by atoms with Crippen molar-refractivity contribution in [2.75, 3.05) is 24.5 Å². The fourth-order valence-electron chi connectivity index (χ4n) is 6.82. The third kappa shape index (κ3) is 5.49. The number of fused-ring (bicyclic) bond motifs is 1. The zero-order valence-corrected chi connectivity index (χ0v) is 27.7. The molecule has 2 amide bonds. The van der Waals surface area contributed by atoms with Crippen LogP contribution < -0.4 is 4.90 Å². The molecule has 3 atom stereocenters. The molecule has 4 aromatic rings. The molecule has 12 nitrogen and oxygen atoms in total. The van der Waals surface area contributed by atoms with Gasteiger partial charge >= 0.3 is 0 Å². The summed E-state index contributed by atoms with van der Waals surface area (Å²) in [5.41, 5.74) is 1.38. The number of aliphatic hydroxyl groups is 1. The van der Waals surface area contributed by atoms with Crippen LogP contribution >= 0.6 is 23.2 Å². The smallest absolute Gasteiger partial charge is 0.261 e. The first-order chi connectivity index (χ1) is 22.5. The van der Waals surface area contributed by atoms with E-state index in [0.717, 1.165) is 16.7 Å². The normalized spacial score (nSPS) is 23.1. The van der Waals surface area contributed by atoms with Gasteiger partial charge in [0, 0.05) is 54.1 Å². The first-order valence-corrected chi connectivity index (χ1v) is 17.4. The van der Waals surface area contributed by atoms with Crippen molar-refractivity contribution in [3.05, 3.63) is 83.0 Å². The van der Waals surface area contributed by atoms with E-state index in [1.807, 2.05) is 24.3 Å². The van der Waals surface area contributed by atoms with Crippen LogP contribution in [-0.2, 0) is 31.6 Å². The molecular formula is C32H31Cl2N7O5S. The number of likely N-dealkylation sites (tertiary alicyclic amines) is 1. The van der Waals surface area contributed by atoms with E-state index in [1.165, 1.54) is 37.3 Å². The molecule has 0 aliphatic carbocycles. The number of benzene rings is 2. The van der Waals surface area contributed by atoms with E-state index in [4.69, 9.17) is 23.2 Å². The molecule has 2 fully saturated rings. The number of halogens is 2. The highest BCUT2D eigenvalue weighted by molar-refractivity contribution is 7.89. The zero-order valence-electron chi connectivity index (χ0n) is 25.3. The number of rotatable bonds is 7. The Labute approximate surface area is 281 Å². The van der Waals surface area contributed by atoms with Crippen molar-refractivity contribution in [3.63, 3.8) is 0 Å². The number of hydrogen-bond acceptors (Lipinski definition) is 8. The van der Waals surface area contributed by atoms with Gasteiger partial charge in [0.2, 0.25) is 11.9 Å². The lowest BCUT2D eigenvalue weighted by Crippen LogP contribution is -2.48. The molecule has 0 radical (unpaired) electrons. The van der Waals surface area contributed by atoms with E-state index in [2.05, 4.69) is 15.0 Å². The van der Waals surface area contributed by atoms with Gasteiger partial charge in [-0.1, -0.05) is 47.5 Å². The van der Waals surface area contributed by atoms with Crippen LogP contribution in [0.25, 0.3) is 11.1 Å². The highest BCUT2D eigenvalue weighted by Crippen LogP contribution is 2.45. The Morgan fingerprint density at radius 2 is 1.70 bits per heavy atom. The summed E-state index contributed by atoms with van der Waals surface area (Å²) < 4.78 is 31.7. The number of carbonyl (C=O) groups is 2. The molecule has 2 saturated heterocycles. The first kappa shape index (κ1) is 31.7. The van der Waals surface area contributed by atoms with Crippen LogP contribution in [0.3, 0.4) is 0 Å². The molecule has 47 heavy (non-hydrogen) atoms. The monoisotopic (exact) mass is 695 g/mol. The summed E-state index contributed by atoms with van der Waals surface area (Å²) in [6.07, 6.45) is 6.90. The molecule has 7 rings (SSSR count). The van der Waals surface area contributed by atoms with Crippen LogP contribution in [0.4, 0.5) is 11.6 Å². The van der Waals surface area contributed by atoms with Crippen molar-refractivity contribution >= 4 is 56.7 Å². The number of β-amino-alcohol motifs (C(OH)–C–C–N with tert-alkyl or cyclic N) is 1. The second-order valence-electron chi connectivity index (χ2n) is 12.3. The number of nitrogens with zero attached hydrogens (tertiary/aromatic N) is 7. The molecule has 3 aliphatic heterocycles. The van der Waals surface area contributed by atoms with Crippen molar-refractivity contribution in [2.24, 2.45) is 0 Å². The molecule has 3 aliphatic rings. The van der Waals surface area contributed by atoms with Crippen LogP contribution in [0.2, 0.25) is 10.0 Å². The lowest BCUT2D eigenvalue weighted by Gasteiger charge is -2.30. The number of hydrogen-bond donors (Lipinski definition) is 1. The van der Waals surface area contributed by atoms with Gasteiger partial charge in [-0.3, -0.25) is 14.2 Å². The average Bonchev–Trinajstić information content (AvgIpc) is 3.84. The Morgan fingerprint density at radius 3 is 2.36 bits per heavy atom. The zero-order chi connectivity index (χ0) is 33.1. The minimum absolute atomic E-state index is 0.0946. The molecule has 1 unspecified atom stereocenters. The maximum atomic E-state index is 14.5. The quantitative estimate of drug-likeness (QED) is 0.306. The molecule has 0 bridgehead atoms. The fourth-order valence-corrected chi connectivity index (χ4v) is 9.18. The molecular weight excluding hydrogens is 665 g/mol. The average molecular weight is 697 g/mol. The van der Waals surface area contributed by atoms with Crippen LogP contribution in [0.1, 0.15) is 31.7 Å². The van der Waals surface area contributed by atoms with Crippen LogP contribution in [0, 0.1) is 0 Å². The highest BCUT2D eigenvalue weighted by atomic mass is 35.5. The third-order valence-corrected chi connectivity index (χ3v) is 11.4. The highest BCUT2D eigenvalue weighted by Gasteiger charge is 2.53. The molecule has 2 aromatic carbocycles. The van der Waals surface area contributed by atoms with Gasteiger partial charge in [0.25, 0.3) is 15.9 Å².